The molecule has 1 saturated carbocycles. The highest BCUT2D eigenvalue weighted by Gasteiger charge is 2.24. The Morgan fingerprint density at radius 1 is 1.25 bits per heavy atom. The number of hydrogen-bond donors (Lipinski definition) is 1. The maximum Gasteiger partial charge on any atom is 0.315 e. The standard InChI is InChI=1S/C15H17N3O2/c1-2-10(1)8-14-17-18-15(20-14)16-9-11-3-4-13-12(7-11)5-6-19-13/h3-4,7,10H,1-2,5-6,8-9H2,(H,16,18). The second-order valence-electron chi connectivity index (χ2n) is 5.54. The van der Waals surface area contributed by atoms with E-state index >= 15 is 0 Å². The molecule has 0 unspecified atom stereocenters. The number of aromatic nitrogens is 2. The monoisotopic (exact) mass is 271 g/mol. The van der Waals surface area contributed by atoms with Crippen LogP contribution in [0.2, 0.25) is 0 Å². The van der Waals surface area contributed by atoms with E-state index in [-0.39, 0.29) is 0 Å². The van der Waals surface area contributed by atoms with Gasteiger partial charge in [-0.3, -0.25) is 0 Å². The van der Waals surface area contributed by atoms with E-state index < -0.39 is 0 Å². The first-order chi connectivity index (χ1) is 9.87. The topological polar surface area (TPSA) is 60.2 Å². The van der Waals surface area contributed by atoms with Crippen molar-refractivity contribution in [1.29, 1.82) is 0 Å². The molecule has 1 N–H and O–H groups in total. The van der Waals surface area contributed by atoms with E-state index in [9.17, 15) is 0 Å². The van der Waals surface area contributed by atoms with Crippen molar-refractivity contribution in [3.05, 3.63) is 35.2 Å². The molecule has 104 valence electrons. The summed E-state index contributed by atoms with van der Waals surface area (Å²) in [6, 6.07) is 6.79. The maximum atomic E-state index is 5.59. The van der Waals surface area contributed by atoms with Crippen LogP contribution >= 0.6 is 0 Å². The number of anilines is 1. The fourth-order valence-electron chi connectivity index (χ4n) is 2.50. The average molecular weight is 271 g/mol. The van der Waals surface area contributed by atoms with E-state index in [2.05, 4.69) is 27.6 Å². The van der Waals surface area contributed by atoms with E-state index in [1.807, 2.05) is 6.07 Å². The highest BCUT2D eigenvalue weighted by Crippen LogP contribution is 2.32. The Morgan fingerprint density at radius 3 is 3.10 bits per heavy atom. The third-order valence-electron chi connectivity index (χ3n) is 3.82. The quantitative estimate of drug-likeness (QED) is 0.905. The lowest BCUT2D eigenvalue weighted by Crippen LogP contribution is -1.99. The molecule has 2 aromatic rings. The maximum absolute atomic E-state index is 5.59. The molecule has 0 spiro atoms. The van der Waals surface area contributed by atoms with Gasteiger partial charge in [0.25, 0.3) is 0 Å². The van der Waals surface area contributed by atoms with Crippen LogP contribution in [0, 0.1) is 5.92 Å². The van der Waals surface area contributed by atoms with Gasteiger partial charge in [-0.05, 0) is 36.0 Å². The van der Waals surface area contributed by atoms with Crippen LogP contribution in [0.5, 0.6) is 5.75 Å². The zero-order chi connectivity index (χ0) is 13.4. The highest BCUT2D eigenvalue weighted by molar-refractivity contribution is 5.40. The Balaban J connectivity index is 1.38. The molecule has 1 aliphatic carbocycles. The molecule has 0 bridgehead atoms. The summed E-state index contributed by atoms with van der Waals surface area (Å²) < 4.78 is 11.1. The Kier molecular flexibility index (Phi) is 2.83. The lowest BCUT2D eigenvalue weighted by molar-refractivity contribution is 0.357. The number of nitrogens with zero attached hydrogens (tertiary/aromatic N) is 2. The van der Waals surface area contributed by atoms with Crippen molar-refractivity contribution in [3.63, 3.8) is 0 Å². The summed E-state index contributed by atoms with van der Waals surface area (Å²) in [6.45, 7) is 1.48. The predicted octanol–water partition coefficient (Wildman–Crippen LogP) is 2.57. The van der Waals surface area contributed by atoms with Gasteiger partial charge in [0, 0.05) is 19.4 Å². The Labute approximate surface area is 117 Å². The fraction of sp³-hybridized carbons (Fsp3) is 0.467. The van der Waals surface area contributed by atoms with Crippen molar-refractivity contribution < 1.29 is 9.15 Å². The third-order valence-corrected chi connectivity index (χ3v) is 3.82. The van der Waals surface area contributed by atoms with Gasteiger partial charge in [-0.2, -0.15) is 0 Å². The van der Waals surface area contributed by atoms with Gasteiger partial charge in [0.05, 0.1) is 6.61 Å². The number of nitrogens with one attached hydrogen (secondary N) is 1. The summed E-state index contributed by atoms with van der Waals surface area (Å²) >= 11 is 0. The normalized spacial score (nSPS) is 16.8. The van der Waals surface area contributed by atoms with E-state index in [1.54, 1.807) is 0 Å². The Bertz CT molecular complexity index is 619. The molecule has 0 atom stereocenters. The zero-order valence-corrected chi connectivity index (χ0v) is 11.3. The van der Waals surface area contributed by atoms with E-state index in [1.165, 1.54) is 24.0 Å². The zero-order valence-electron chi connectivity index (χ0n) is 11.3. The second-order valence-corrected chi connectivity index (χ2v) is 5.54. The highest BCUT2D eigenvalue weighted by atomic mass is 16.5. The molecule has 0 radical (unpaired) electrons. The molecule has 0 saturated heterocycles. The van der Waals surface area contributed by atoms with Crippen LogP contribution < -0.4 is 10.1 Å². The van der Waals surface area contributed by atoms with Crippen molar-refractivity contribution in [2.75, 3.05) is 11.9 Å². The minimum Gasteiger partial charge on any atom is -0.493 e. The molecule has 20 heavy (non-hydrogen) atoms. The molecule has 5 heteroatoms. The number of fused-ring (bicyclic) bond motifs is 1. The number of rotatable bonds is 5. The number of benzene rings is 1. The van der Waals surface area contributed by atoms with Gasteiger partial charge in [0.1, 0.15) is 5.75 Å². The summed E-state index contributed by atoms with van der Waals surface area (Å²) in [6.07, 6.45) is 4.50. The smallest absolute Gasteiger partial charge is 0.315 e. The lowest BCUT2D eigenvalue weighted by atomic mass is 10.1. The molecule has 5 nitrogen and oxygen atoms in total. The molecule has 2 heterocycles. The van der Waals surface area contributed by atoms with Crippen LogP contribution in [0.4, 0.5) is 6.01 Å². The molecule has 1 aromatic carbocycles. The average Bonchev–Trinajstić information content (AvgIpc) is 2.98. The van der Waals surface area contributed by atoms with Crippen molar-refractivity contribution in [3.8, 4) is 5.75 Å². The minimum atomic E-state index is 0.511. The van der Waals surface area contributed by atoms with Crippen LogP contribution in [0.3, 0.4) is 0 Å². The second kappa shape index (κ2) is 4.81. The lowest BCUT2D eigenvalue weighted by Gasteiger charge is -2.04. The van der Waals surface area contributed by atoms with Crippen molar-refractivity contribution in [2.45, 2.75) is 32.2 Å². The van der Waals surface area contributed by atoms with Crippen LogP contribution in [0.15, 0.2) is 22.6 Å². The summed E-state index contributed by atoms with van der Waals surface area (Å²) in [5.74, 6) is 2.52. The van der Waals surface area contributed by atoms with E-state index in [4.69, 9.17) is 9.15 Å². The Hall–Kier alpha value is -2.04. The largest absolute Gasteiger partial charge is 0.493 e. The summed E-state index contributed by atoms with van der Waals surface area (Å²) in [5, 5.41) is 11.3. The molecule has 2 aliphatic rings. The molecular weight excluding hydrogens is 254 g/mol. The van der Waals surface area contributed by atoms with Gasteiger partial charge < -0.3 is 14.5 Å². The van der Waals surface area contributed by atoms with Gasteiger partial charge in [0.15, 0.2) is 0 Å². The summed E-state index contributed by atoms with van der Waals surface area (Å²) in [5.41, 5.74) is 2.49. The van der Waals surface area contributed by atoms with Gasteiger partial charge in [-0.25, -0.2) is 0 Å². The van der Waals surface area contributed by atoms with Crippen molar-refractivity contribution in [2.24, 2.45) is 5.92 Å². The third kappa shape index (κ3) is 2.48. The van der Waals surface area contributed by atoms with Gasteiger partial charge in [-0.1, -0.05) is 17.2 Å². The first-order valence-electron chi connectivity index (χ1n) is 7.18. The molecule has 1 aliphatic heterocycles. The Morgan fingerprint density at radius 2 is 2.20 bits per heavy atom. The molecule has 1 aromatic heterocycles. The van der Waals surface area contributed by atoms with Gasteiger partial charge in [0.2, 0.25) is 5.89 Å². The van der Waals surface area contributed by atoms with Crippen LogP contribution in [0.1, 0.15) is 29.9 Å². The van der Waals surface area contributed by atoms with Crippen LogP contribution in [-0.4, -0.2) is 16.8 Å². The van der Waals surface area contributed by atoms with E-state index in [0.717, 1.165) is 37.0 Å². The van der Waals surface area contributed by atoms with Gasteiger partial charge in [-0.15, -0.1) is 5.10 Å². The molecule has 1 fully saturated rings. The predicted molar refractivity (Wildman–Crippen MR) is 73.7 cm³/mol. The van der Waals surface area contributed by atoms with Crippen LogP contribution in [-0.2, 0) is 19.4 Å². The molecular formula is C15H17N3O2. The van der Waals surface area contributed by atoms with Crippen molar-refractivity contribution in [1.82, 2.24) is 10.2 Å². The van der Waals surface area contributed by atoms with Crippen LogP contribution in [0.25, 0.3) is 0 Å². The summed E-state index contributed by atoms with van der Waals surface area (Å²) in [7, 11) is 0. The number of ether oxygens (including phenoxy) is 1. The first kappa shape index (κ1) is 11.8. The summed E-state index contributed by atoms with van der Waals surface area (Å²) in [4.78, 5) is 0. The number of hydrogen-bond acceptors (Lipinski definition) is 5. The molecule has 4 rings (SSSR count). The van der Waals surface area contributed by atoms with Gasteiger partial charge >= 0.3 is 6.01 Å². The fourth-order valence-corrected chi connectivity index (χ4v) is 2.50. The van der Waals surface area contributed by atoms with E-state index in [0.29, 0.717) is 12.6 Å². The van der Waals surface area contributed by atoms with Crippen molar-refractivity contribution >= 4 is 6.01 Å². The first-order valence-corrected chi connectivity index (χ1v) is 7.18. The molecule has 0 amide bonds. The minimum absolute atomic E-state index is 0.511. The SMILES string of the molecule is c1cc2c(cc1CNc1nnc(CC3CC3)o1)CCO2.